The zero-order valence-corrected chi connectivity index (χ0v) is 17.9. The summed E-state index contributed by atoms with van der Waals surface area (Å²) in [4.78, 5) is 5.07. The van der Waals surface area contributed by atoms with Gasteiger partial charge in [0.25, 0.3) is 0 Å². The van der Waals surface area contributed by atoms with Gasteiger partial charge in [0.2, 0.25) is 9.84 Å². The topological polar surface area (TPSA) is 60.6 Å². The molecule has 0 bridgehead atoms. The Morgan fingerprint density at radius 1 is 0.767 bits per heavy atom. The van der Waals surface area contributed by atoms with Crippen LogP contribution >= 0.6 is 0 Å². The Morgan fingerprint density at radius 2 is 1.40 bits per heavy atom. The van der Waals surface area contributed by atoms with Crippen LogP contribution < -0.4 is 0 Å². The SMILES string of the molecule is CC(C)(C)C1=[N+]=NC(c2ccc(-c3ccc4c(c3)S(=O)(=O)c3ccccc3-4)cc2)=C1. The summed E-state index contributed by atoms with van der Waals surface area (Å²) >= 11 is 0. The summed E-state index contributed by atoms with van der Waals surface area (Å²) in [6, 6.07) is 20.8. The van der Waals surface area contributed by atoms with Gasteiger partial charge in [-0.2, -0.15) is 0 Å². The second kappa shape index (κ2) is 6.36. The van der Waals surface area contributed by atoms with Gasteiger partial charge >= 0.3 is 5.71 Å². The second-order valence-corrected chi connectivity index (χ2v) is 10.5. The summed E-state index contributed by atoms with van der Waals surface area (Å²) in [5, 5.41) is 4.32. The van der Waals surface area contributed by atoms with Crippen molar-refractivity contribution in [1.29, 1.82) is 0 Å². The average Bonchev–Trinajstić information content (AvgIpc) is 3.31. The van der Waals surface area contributed by atoms with Crippen molar-refractivity contribution in [3.63, 3.8) is 0 Å². The van der Waals surface area contributed by atoms with Crippen molar-refractivity contribution in [3.05, 3.63) is 78.4 Å². The first-order chi connectivity index (χ1) is 14.2. The molecule has 0 unspecified atom stereocenters. The Morgan fingerprint density at radius 3 is 2.10 bits per heavy atom. The Bertz CT molecular complexity index is 1400. The van der Waals surface area contributed by atoms with E-state index in [1.807, 2.05) is 54.6 Å². The third-order valence-electron chi connectivity index (χ3n) is 5.56. The maximum atomic E-state index is 13.0. The predicted molar refractivity (Wildman–Crippen MR) is 118 cm³/mol. The molecule has 2 aliphatic heterocycles. The van der Waals surface area contributed by atoms with E-state index in [2.05, 4.69) is 30.7 Å². The maximum Gasteiger partial charge on any atom is 0.349 e. The van der Waals surface area contributed by atoms with Crippen LogP contribution in [-0.2, 0) is 9.84 Å². The van der Waals surface area contributed by atoms with Gasteiger partial charge in [-0.3, -0.25) is 0 Å². The highest BCUT2D eigenvalue weighted by molar-refractivity contribution is 7.92. The minimum absolute atomic E-state index is 0.0430. The van der Waals surface area contributed by atoms with E-state index in [1.54, 1.807) is 18.2 Å². The molecule has 0 amide bonds. The zero-order chi connectivity index (χ0) is 21.1. The van der Waals surface area contributed by atoms with Gasteiger partial charge in [-0.25, -0.2) is 8.42 Å². The van der Waals surface area contributed by atoms with E-state index in [-0.39, 0.29) is 5.41 Å². The van der Waals surface area contributed by atoms with E-state index >= 15 is 0 Å². The van der Waals surface area contributed by atoms with E-state index in [0.29, 0.717) is 9.79 Å². The molecule has 3 aromatic carbocycles. The van der Waals surface area contributed by atoms with Gasteiger partial charge in [-0.1, -0.05) is 54.6 Å². The molecule has 5 rings (SSSR count). The van der Waals surface area contributed by atoms with Crippen LogP contribution in [0.25, 0.3) is 28.0 Å². The standard InChI is InChI=1S/C25H21N2O2S/c1-25(2,3)24-15-21(26-27-24)17-10-8-16(9-11-17)18-12-13-20-19-6-4-5-7-22(19)30(28,29)23(20)14-18/h4-15H,1-3H3/q+1. The van der Waals surface area contributed by atoms with Gasteiger partial charge < -0.3 is 0 Å². The molecule has 2 heterocycles. The minimum Gasteiger partial charge on any atom is -0.218 e. The number of benzene rings is 3. The molecule has 5 heteroatoms. The number of rotatable bonds is 2. The summed E-state index contributed by atoms with van der Waals surface area (Å²) in [6.07, 6.45) is 2.02. The predicted octanol–water partition coefficient (Wildman–Crippen LogP) is 5.67. The summed E-state index contributed by atoms with van der Waals surface area (Å²) in [6.45, 7) is 6.35. The number of hydrogen-bond acceptors (Lipinski definition) is 3. The van der Waals surface area contributed by atoms with Gasteiger partial charge in [-0.15, -0.1) is 0 Å². The summed E-state index contributed by atoms with van der Waals surface area (Å²) in [7, 11) is -3.48. The third-order valence-corrected chi connectivity index (χ3v) is 7.41. The molecule has 30 heavy (non-hydrogen) atoms. The zero-order valence-electron chi connectivity index (χ0n) is 17.0. The monoisotopic (exact) mass is 413 g/mol. The molecule has 0 atom stereocenters. The van der Waals surface area contributed by atoms with Gasteiger partial charge in [-0.05, 0) is 44.0 Å². The molecule has 148 valence electrons. The molecule has 0 saturated carbocycles. The van der Waals surface area contributed by atoms with E-state index in [1.165, 1.54) is 0 Å². The van der Waals surface area contributed by atoms with Crippen LogP contribution in [0.5, 0.6) is 0 Å². The highest BCUT2D eigenvalue weighted by Crippen LogP contribution is 2.44. The number of fused-ring (bicyclic) bond motifs is 3. The van der Waals surface area contributed by atoms with Gasteiger partial charge in [0, 0.05) is 16.7 Å². The summed E-state index contributed by atoms with van der Waals surface area (Å²) < 4.78 is 25.9. The molecular weight excluding hydrogens is 392 g/mol. The Labute approximate surface area is 176 Å². The minimum atomic E-state index is -3.48. The molecule has 3 aromatic rings. The lowest BCUT2D eigenvalue weighted by Gasteiger charge is -2.07. The van der Waals surface area contributed by atoms with Crippen molar-refractivity contribution in [1.82, 2.24) is 0 Å². The molecular formula is C25H21N2O2S+. The van der Waals surface area contributed by atoms with E-state index in [0.717, 1.165) is 39.2 Å². The highest BCUT2D eigenvalue weighted by atomic mass is 32.2. The molecule has 0 saturated heterocycles. The maximum absolute atomic E-state index is 13.0. The fraction of sp³-hybridized carbons (Fsp3) is 0.160. The Kier molecular flexibility index (Phi) is 3.97. The van der Waals surface area contributed by atoms with Gasteiger partial charge in [0.1, 0.15) is 5.11 Å². The smallest absolute Gasteiger partial charge is 0.218 e. The molecule has 0 aromatic heterocycles. The number of sulfone groups is 1. The van der Waals surface area contributed by atoms with Crippen LogP contribution in [0.15, 0.2) is 87.7 Å². The van der Waals surface area contributed by atoms with E-state index in [4.69, 9.17) is 0 Å². The summed E-state index contributed by atoms with van der Waals surface area (Å²) in [5.74, 6) is 0. The van der Waals surface area contributed by atoms with Crippen molar-refractivity contribution in [2.24, 2.45) is 10.5 Å². The highest BCUT2D eigenvalue weighted by Gasteiger charge is 2.33. The molecule has 0 aliphatic carbocycles. The molecule has 4 nitrogen and oxygen atoms in total. The first kappa shape index (κ1) is 18.7. The lowest BCUT2D eigenvalue weighted by Crippen LogP contribution is -2.17. The normalized spacial score (nSPS) is 16.1. The fourth-order valence-electron chi connectivity index (χ4n) is 3.82. The van der Waals surface area contributed by atoms with Crippen LogP contribution in [0.4, 0.5) is 0 Å². The molecule has 0 radical (unpaired) electrons. The molecule has 2 aliphatic rings. The largest absolute Gasteiger partial charge is 0.349 e. The molecule has 0 fully saturated rings. The van der Waals surface area contributed by atoms with Crippen LogP contribution in [0.3, 0.4) is 0 Å². The van der Waals surface area contributed by atoms with Crippen LogP contribution in [0.1, 0.15) is 26.3 Å². The Hall–Kier alpha value is -3.27. The third kappa shape index (κ3) is 2.86. The lowest BCUT2D eigenvalue weighted by molar-refractivity contribution is -0.0791. The number of hydrogen-bond donors (Lipinski definition) is 0. The van der Waals surface area contributed by atoms with Gasteiger partial charge in [0.05, 0.1) is 26.1 Å². The summed E-state index contributed by atoms with van der Waals surface area (Å²) in [5.41, 5.74) is 6.14. The van der Waals surface area contributed by atoms with Crippen LogP contribution in [0, 0.1) is 5.41 Å². The van der Waals surface area contributed by atoms with Gasteiger partial charge in [0.15, 0.2) is 5.70 Å². The first-order valence-corrected chi connectivity index (χ1v) is 11.3. The van der Waals surface area contributed by atoms with E-state index in [9.17, 15) is 8.42 Å². The average molecular weight is 414 g/mol. The number of allylic oxidation sites excluding steroid dienone is 1. The Balaban J connectivity index is 1.49. The van der Waals surface area contributed by atoms with Crippen molar-refractivity contribution in [3.8, 4) is 22.3 Å². The van der Waals surface area contributed by atoms with Crippen LogP contribution in [0.2, 0.25) is 0 Å². The van der Waals surface area contributed by atoms with Crippen molar-refractivity contribution in [2.75, 3.05) is 0 Å². The molecule has 0 N–H and O–H groups in total. The van der Waals surface area contributed by atoms with Crippen molar-refractivity contribution in [2.45, 2.75) is 30.6 Å². The van der Waals surface area contributed by atoms with Crippen molar-refractivity contribution < 1.29 is 13.2 Å². The fourth-order valence-corrected chi connectivity index (χ4v) is 5.54. The van der Waals surface area contributed by atoms with Crippen LogP contribution in [-0.4, -0.2) is 18.9 Å². The first-order valence-electron chi connectivity index (χ1n) is 9.85. The van der Waals surface area contributed by atoms with E-state index < -0.39 is 9.84 Å². The quantitative estimate of drug-likeness (QED) is 0.398. The lowest BCUT2D eigenvalue weighted by atomic mass is 9.89. The number of nitrogens with zero attached hydrogens (tertiary/aromatic N) is 2. The van der Waals surface area contributed by atoms with Crippen molar-refractivity contribution >= 4 is 21.2 Å². The molecule has 0 spiro atoms. The second-order valence-electron chi connectivity index (χ2n) is 8.65.